The summed E-state index contributed by atoms with van der Waals surface area (Å²) in [6, 6.07) is 20.4. The maximum Gasteiger partial charge on any atom is 0.246 e. The molecule has 18 heteroatoms. The summed E-state index contributed by atoms with van der Waals surface area (Å²) >= 11 is 8.16. The maximum absolute atomic E-state index is 14.1. The number of β-amino-alcohol motifs (C(OH)–C–C–N with tert-alkyl or cyclic N) is 1. The Morgan fingerprint density at radius 3 is 2.39 bits per heavy atom. The highest BCUT2D eigenvalue weighted by molar-refractivity contribution is 7.13. The van der Waals surface area contributed by atoms with Crippen LogP contribution in [0.5, 0.6) is 5.75 Å². The molecule has 3 atom stereocenters. The second-order valence-electron chi connectivity index (χ2n) is 20.9. The monoisotopic (exact) mass is 1060 g/mol. The van der Waals surface area contributed by atoms with Crippen LogP contribution in [-0.2, 0) is 25.7 Å². The van der Waals surface area contributed by atoms with Crippen LogP contribution in [0.4, 0.5) is 17.3 Å². The first kappa shape index (κ1) is 54.7. The first-order valence-electron chi connectivity index (χ1n) is 26.2. The number of para-hydroxylation sites is 1. The molecule has 4 amide bonds. The van der Waals surface area contributed by atoms with Crippen molar-refractivity contribution < 1.29 is 29.0 Å². The molecule has 0 spiro atoms. The fourth-order valence-electron chi connectivity index (χ4n) is 10.2. The van der Waals surface area contributed by atoms with Crippen molar-refractivity contribution in [2.75, 3.05) is 44.0 Å². The molecule has 398 valence electrons. The van der Waals surface area contributed by atoms with Gasteiger partial charge in [0.15, 0.2) is 0 Å². The first-order valence-corrected chi connectivity index (χ1v) is 27.4. The number of carbonyl (C=O) groups is 4. The summed E-state index contributed by atoms with van der Waals surface area (Å²) in [6.45, 7) is 9.56. The Labute approximate surface area is 449 Å². The summed E-state index contributed by atoms with van der Waals surface area (Å²) < 4.78 is 5.81. The van der Waals surface area contributed by atoms with Crippen molar-refractivity contribution in [2.24, 2.45) is 5.41 Å². The number of amides is 4. The number of nitrogens with zero attached hydrogens (tertiary/aromatic N) is 6. The van der Waals surface area contributed by atoms with E-state index in [1.165, 1.54) is 4.90 Å². The molecule has 0 saturated carbocycles. The minimum absolute atomic E-state index is 0.0228. The van der Waals surface area contributed by atoms with Crippen LogP contribution in [0.2, 0.25) is 5.02 Å². The zero-order valence-corrected chi connectivity index (χ0v) is 45.5. The molecule has 6 aromatic rings. The van der Waals surface area contributed by atoms with Crippen LogP contribution in [0.25, 0.3) is 32.6 Å². The van der Waals surface area contributed by atoms with Crippen LogP contribution in [0, 0.1) is 12.3 Å². The van der Waals surface area contributed by atoms with Crippen molar-refractivity contribution in [3.05, 3.63) is 101 Å². The predicted molar refractivity (Wildman–Crippen MR) is 297 cm³/mol. The van der Waals surface area contributed by atoms with Gasteiger partial charge in [0.2, 0.25) is 29.6 Å². The van der Waals surface area contributed by atoms with E-state index in [4.69, 9.17) is 21.3 Å². The lowest BCUT2D eigenvalue weighted by Gasteiger charge is -2.38. The number of aromatic nitrogens is 4. The number of aliphatic hydroxyl groups is 1. The van der Waals surface area contributed by atoms with Gasteiger partial charge < -0.3 is 45.5 Å². The first-order chi connectivity index (χ1) is 36.1. The third kappa shape index (κ3) is 13.7. The van der Waals surface area contributed by atoms with Gasteiger partial charge in [-0.05, 0) is 67.3 Å². The second-order valence-corrected chi connectivity index (χ2v) is 22.2. The number of likely N-dealkylation sites (tertiary alicyclic amines) is 1. The topological polar surface area (TPSA) is 198 Å². The number of unbranched alkanes of at least 4 members (excludes halogenated alkanes) is 5. The number of hydrogen-bond acceptors (Lipinski definition) is 12. The fourth-order valence-corrected chi connectivity index (χ4v) is 11.2. The molecule has 5 heterocycles. The lowest BCUT2D eigenvalue weighted by molar-refractivity contribution is -0.144. The van der Waals surface area contributed by atoms with Crippen LogP contribution in [0.3, 0.4) is 0 Å². The van der Waals surface area contributed by atoms with E-state index in [-0.39, 0.29) is 55.6 Å². The van der Waals surface area contributed by atoms with E-state index in [1.807, 2.05) is 112 Å². The molecule has 3 aromatic heterocycles. The molecule has 75 heavy (non-hydrogen) atoms. The van der Waals surface area contributed by atoms with Crippen molar-refractivity contribution in [3.8, 4) is 27.4 Å². The predicted octanol–water partition coefficient (Wildman–Crippen LogP) is 9.82. The van der Waals surface area contributed by atoms with Gasteiger partial charge in [0.25, 0.3) is 0 Å². The second kappa shape index (κ2) is 24.9. The summed E-state index contributed by atoms with van der Waals surface area (Å²) in [5.41, 5.74) is 8.42. The number of carbonyl (C=O) groups excluding carboxylic acids is 4. The molecule has 2 saturated heterocycles. The summed E-state index contributed by atoms with van der Waals surface area (Å²) in [6.07, 6.45) is 10.5. The maximum atomic E-state index is 14.1. The zero-order chi connectivity index (χ0) is 53.2. The third-order valence-corrected chi connectivity index (χ3v) is 15.8. The molecule has 2 aliphatic rings. The van der Waals surface area contributed by atoms with Gasteiger partial charge in [0.05, 0.1) is 51.9 Å². The van der Waals surface area contributed by atoms with Crippen molar-refractivity contribution in [3.63, 3.8) is 0 Å². The summed E-state index contributed by atoms with van der Waals surface area (Å²) in [4.78, 5) is 77.7. The molecule has 3 aromatic carbocycles. The average molecular weight is 1060 g/mol. The minimum Gasteiger partial charge on any atom is -0.494 e. The van der Waals surface area contributed by atoms with Gasteiger partial charge >= 0.3 is 0 Å². The number of hydrogen-bond donors (Lipinski definition) is 5. The van der Waals surface area contributed by atoms with Gasteiger partial charge in [-0.15, -0.1) is 11.3 Å². The lowest BCUT2D eigenvalue weighted by Crippen LogP contribution is -2.57. The number of methoxy groups -OCH3 is 1. The fraction of sp³-hybridized carbons (Fsp3) is 0.456. The molecule has 0 aliphatic carbocycles. The zero-order valence-electron chi connectivity index (χ0n) is 44.0. The SMILES string of the molecule is COc1cc(N2CCC(N(C)C(=O)CCCCCCCCC(=O)NC(C(=O)N3C[C@H](O)C[C@H]3C(=O)NCc3ccc(-c4scnc4C)cc3)C(C)(C)C)CC2)ccc1Nc1ncc(Cl)c(-c2c[nH]c3ccccc23)n1. The number of anilines is 3. The smallest absolute Gasteiger partial charge is 0.246 e. The summed E-state index contributed by atoms with van der Waals surface area (Å²) in [5.74, 6) is 0.303. The number of H-pyrrole nitrogens is 1. The third-order valence-electron chi connectivity index (χ3n) is 14.5. The molecule has 0 bridgehead atoms. The van der Waals surface area contributed by atoms with Crippen LogP contribution in [-0.4, -0.2) is 116 Å². The standard InChI is InChI=1S/C57H71ClN10O6S/c1-36-52(75-35-62-36)38-21-19-37(20-22-38)31-60-54(72)47-30-41(69)34-68(47)55(73)53(57(2,3)4)64-49(70)17-11-9-7-8-10-12-18-50(71)66(5)39-25-27-67(28-26-39)40-23-24-46(48(29-40)74-6)63-56-61-33-44(58)51(65-56)43-32-59-45-16-14-13-15-42(43)45/h13-16,19-24,29,32-33,35,39,41,47,53,59,69H,7-12,17-18,25-28,30-31,34H2,1-6H3,(H,60,72)(H,64,70)(H,61,63,65)/t41-,47+,53?/m1/s1. The number of ether oxygens (including phenoxy) is 1. The Morgan fingerprint density at radius 1 is 0.960 bits per heavy atom. The molecule has 5 N–H and O–H groups in total. The van der Waals surface area contributed by atoms with Crippen LogP contribution >= 0.6 is 22.9 Å². The molecule has 8 rings (SSSR count). The van der Waals surface area contributed by atoms with E-state index in [1.54, 1.807) is 24.6 Å². The number of halogens is 1. The van der Waals surface area contributed by atoms with E-state index in [2.05, 4.69) is 41.9 Å². The van der Waals surface area contributed by atoms with Crippen LogP contribution in [0.15, 0.2) is 84.6 Å². The molecule has 2 fully saturated rings. The largest absolute Gasteiger partial charge is 0.494 e. The molecular formula is C57H71ClN10O6S. The Morgan fingerprint density at radius 2 is 1.68 bits per heavy atom. The van der Waals surface area contributed by atoms with E-state index in [0.29, 0.717) is 35.3 Å². The highest BCUT2D eigenvalue weighted by Crippen LogP contribution is 2.36. The number of aromatic amines is 1. The lowest BCUT2D eigenvalue weighted by atomic mass is 9.85. The van der Waals surface area contributed by atoms with Crippen LogP contribution in [0.1, 0.15) is 103 Å². The highest BCUT2D eigenvalue weighted by atomic mass is 35.5. The van der Waals surface area contributed by atoms with Crippen LogP contribution < -0.4 is 25.6 Å². The van der Waals surface area contributed by atoms with Gasteiger partial charge in [0.1, 0.15) is 17.8 Å². The molecule has 2 aliphatic heterocycles. The number of aliphatic hydroxyl groups excluding tert-OH is 1. The molecular weight excluding hydrogens is 988 g/mol. The molecule has 0 radical (unpaired) electrons. The Balaban J connectivity index is 0.715. The van der Waals surface area contributed by atoms with Gasteiger partial charge in [-0.2, -0.15) is 0 Å². The van der Waals surface area contributed by atoms with E-state index < -0.39 is 23.6 Å². The van der Waals surface area contributed by atoms with Crippen molar-refractivity contribution >= 4 is 74.8 Å². The van der Waals surface area contributed by atoms with Gasteiger partial charge in [0, 0.05) is 92.9 Å². The number of rotatable bonds is 21. The van der Waals surface area contributed by atoms with Crippen molar-refractivity contribution in [2.45, 2.75) is 129 Å². The van der Waals surface area contributed by atoms with Gasteiger partial charge in [-0.3, -0.25) is 19.2 Å². The molecule has 1 unspecified atom stereocenters. The van der Waals surface area contributed by atoms with Crippen molar-refractivity contribution in [1.29, 1.82) is 0 Å². The van der Waals surface area contributed by atoms with E-state index in [0.717, 1.165) is 108 Å². The number of thiazole rings is 1. The number of fused-ring (bicyclic) bond motifs is 1. The highest BCUT2D eigenvalue weighted by Gasteiger charge is 2.44. The van der Waals surface area contributed by atoms with E-state index in [9.17, 15) is 24.3 Å². The number of nitrogens with one attached hydrogen (secondary N) is 4. The summed E-state index contributed by atoms with van der Waals surface area (Å²) in [5, 5.41) is 21.3. The number of benzene rings is 3. The Bertz CT molecular complexity index is 2930. The minimum atomic E-state index is -0.869. The average Bonchev–Trinajstić information content (AvgIpc) is 4.16. The van der Waals surface area contributed by atoms with Crippen molar-refractivity contribution in [1.82, 2.24) is 40.4 Å². The molecule has 16 nitrogen and oxygen atoms in total. The quantitative estimate of drug-likeness (QED) is 0.0430. The Kier molecular flexibility index (Phi) is 18.1. The summed E-state index contributed by atoms with van der Waals surface area (Å²) in [7, 11) is 3.57. The van der Waals surface area contributed by atoms with Gasteiger partial charge in [-0.1, -0.05) is 101 Å². The normalized spacial score (nSPS) is 16.5. The Hall–Kier alpha value is -6.56. The number of piperidine rings is 1. The van der Waals surface area contributed by atoms with Gasteiger partial charge in [-0.25, -0.2) is 15.0 Å². The number of aryl methyl sites for hydroxylation is 1. The van der Waals surface area contributed by atoms with E-state index >= 15 is 0 Å².